The third-order valence-corrected chi connectivity index (χ3v) is 4.57. The van der Waals surface area contributed by atoms with E-state index in [0.717, 1.165) is 52.5 Å². The van der Waals surface area contributed by atoms with Gasteiger partial charge in [0.2, 0.25) is 0 Å². The molecule has 0 radical (unpaired) electrons. The number of nitrogens with one attached hydrogen (secondary N) is 1. The molecule has 1 aromatic carbocycles. The number of benzene rings is 1. The summed E-state index contributed by atoms with van der Waals surface area (Å²) >= 11 is 7.58. The van der Waals surface area contributed by atoms with Gasteiger partial charge >= 0.3 is 0 Å². The SMILES string of the molecule is Clc1ccc(-c2ccc(CNCCCSc3ncccn3)o2)cc1.[Cl-]. The normalized spacial score (nSPS) is 10.4. The highest BCUT2D eigenvalue weighted by atomic mass is 35.5. The van der Waals surface area contributed by atoms with Crippen molar-refractivity contribution >= 4 is 23.4 Å². The van der Waals surface area contributed by atoms with Gasteiger partial charge in [-0.25, -0.2) is 9.97 Å². The zero-order valence-electron chi connectivity index (χ0n) is 13.5. The summed E-state index contributed by atoms with van der Waals surface area (Å²) in [5.74, 6) is 2.78. The minimum absolute atomic E-state index is 0. The first-order chi connectivity index (χ1) is 11.8. The van der Waals surface area contributed by atoms with Crippen LogP contribution < -0.4 is 17.7 Å². The van der Waals surface area contributed by atoms with Gasteiger partial charge in [-0.15, -0.1) is 0 Å². The molecule has 0 fully saturated rings. The molecule has 0 amide bonds. The number of furan rings is 1. The van der Waals surface area contributed by atoms with E-state index in [-0.39, 0.29) is 12.4 Å². The van der Waals surface area contributed by atoms with Crippen molar-refractivity contribution in [2.24, 2.45) is 0 Å². The predicted molar refractivity (Wildman–Crippen MR) is 98.2 cm³/mol. The fourth-order valence-corrected chi connectivity index (χ4v) is 3.04. The van der Waals surface area contributed by atoms with E-state index in [1.807, 2.05) is 42.5 Å². The third kappa shape index (κ3) is 6.36. The molecule has 0 saturated heterocycles. The highest BCUT2D eigenvalue weighted by Gasteiger charge is 2.04. The summed E-state index contributed by atoms with van der Waals surface area (Å²) in [5.41, 5.74) is 1.03. The summed E-state index contributed by atoms with van der Waals surface area (Å²) in [7, 11) is 0. The van der Waals surface area contributed by atoms with E-state index in [2.05, 4.69) is 15.3 Å². The fraction of sp³-hybridized carbons (Fsp3) is 0.222. The lowest BCUT2D eigenvalue weighted by Crippen LogP contribution is -3.00. The van der Waals surface area contributed by atoms with Gasteiger partial charge in [0.25, 0.3) is 0 Å². The maximum atomic E-state index is 5.90. The molecule has 25 heavy (non-hydrogen) atoms. The average Bonchev–Trinajstić information content (AvgIpc) is 3.08. The first-order valence-corrected chi connectivity index (χ1v) is 9.13. The molecule has 132 valence electrons. The summed E-state index contributed by atoms with van der Waals surface area (Å²) in [6.07, 6.45) is 4.58. The molecule has 0 bridgehead atoms. The number of halogens is 2. The molecular weight excluding hydrogens is 377 g/mol. The summed E-state index contributed by atoms with van der Waals surface area (Å²) in [6.45, 7) is 1.65. The van der Waals surface area contributed by atoms with Gasteiger partial charge in [-0.05, 0) is 55.4 Å². The Labute approximate surface area is 162 Å². The monoisotopic (exact) mass is 394 g/mol. The second-order valence-corrected chi connectivity index (χ2v) is 6.68. The molecule has 0 atom stereocenters. The standard InChI is InChI=1S/C18H18ClN3OS.ClH/c19-15-5-3-14(4-6-15)17-8-7-16(23-17)13-20-9-2-12-24-18-21-10-1-11-22-18;/h1,3-8,10-11,20H,2,9,12-13H2;1H/p-1. The number of aromatic nitrogens is 2. The number of hydrogen-bond donors (Lipinski definition) is 1. The second-order valence-electron chi connectivity index (χ2n) is 5.18. The van der Waals surface area contributed by atoms with E-state index in [4.69, 9.17) is 16.0 Å². The molecule has 0 saturated carbocycles. The zero-order chi connectivity index (χ0) is 16.6. The number of thioether (sulfide) groups is 1. The van der Waals surface area contributed by atoms with E-state index in [1.165, 1.54) is 0 Å². The van der Waals surface area contributed by atoms with Crippen LogP contribution in [0.25, 0.3) is 11.3 Å². The van der Waals surface area contributed by atoms with Crippen molar-refractivity contribution in [1.29, 1.82) is 0 Å². The van der Waals surface area contributed by atoms with Crippen molar-refractivity contribution in [3.8, 4) is 11.3 Å². The van der Waals surface area contributed by atoms with Gasteiger partial charge in [0.05, 0.1) is 6.54 Å². The van der Waals surface area contributed by atoms with Crippen LogP contribution in [-0.4, -0.2) is 22.3 Å². The predicted octanol–water partition coefficient (Wildman–Crippen LogP) is 1.67. The zero-order valence-corrected chi connectivity index (χ0v) is 15.8. The van der Waals surface area contributed by atoms with Crippen LogP contribution in [0.15, 0.2) is 64.4 Å². The van der Waals surface area contributed by atoms with E-state index in [9.17, 15) is 0 Å². The lowest BCUT2D eigenvalue weighted by Gasteiger charge is -2.03. The van der Waals surface area contributed by atoms with Crippen LogP contribution in [0, 0.1) is 0 Å². The molecule has 1 N–H and O–H groups in total. The van der Waals surface area contributed by atoms with Gasteiger partial charge in [-0.2, -0.15) is 0 Å². The van der Waals surface area contributed by atoms with Crippen LogP contribution >= 0.6 is 23.4 Å². The van der Waals surface area contributed by atoms with E-state index in [1.54, 1.807) is 24.2 Å². The molecule has 4 nitrogen and oxygen atoms in total. The molecular formula is C18H18Cl2N3OS-. The molecule has 3 aromatic rings. The highest BCUT2D eigenvalue weighted by molar-refractivity contribution is 7.99. The Morgan fingerprint density at radius 1 is 1.04 bits per heavy atom. The molecule has 0 aliphatic carbocycles. The minimum Gasteiger partial charge on any atom is -1.00 e. The van der Waals surface area contributed by atoms with E-state index in [0.29, 0.717) is 0 Å². The van der Waals surface area contributed by atoms with Gasteiger partial charge in [0, 0.05) is 28.7 Å². The Hall–Kier alpha value is -1.53. The third-order valence-electron chi connectivity index (χ3n) is 3.36. The van der Waals surface area contributed by atoms with Crippen molar-refractivity contribution in [3.05, 3.63) is 65.6 Å². The smallest absolute Gasteiger partial charge is 0.187 e. The summed E-state index contributed by atoms with van der Waals surface area (Å²) < 4.78 is 5.85. The van der Waals surface area contributed by atoms with Gasteiger partial charge in [0.15, 0.2) is 5.16 Å². The van der Waals surface area contributed by atoms with Crippen LogP contribution in [0.4, 0.5) is 0 Å². The summed E-state index contributed by atoms with van der Waals surface area (Å²) in [5, 5.41) is 4.95. The number of hydrogen-bond acceptors (Lipinski definition) is 5. The number of rotatable bonds is 8. The topological polar surface area (TPSA) is 51.0 Å². The van der Waals surface area contributed by atoms with Crippen LogP contribution in [0.5, 0.6) is 0 Å². The van der Waals surface area contributed by atoms with E-state index >= 15 is 0 Å². The van der Waals surface area contributed by atoms with Gasteiger partial charge < -0.3 is 22.1 Å². The van der Waals surface area contributed by atoms with E-state index < -0.39 is 0 Å². The Morgan fingerprint density at radius 3 is 2.56 bits per heavy atom. The molecule has 0 aliphatic heterocycles. The molecule has 3 rings (SSSR count). The quantitative estimate of drug-likeness (QED) is 0.357. The highest BCUT2D eigenvalue weighted by Crippen LogP contribution is 2.23. The van der Waals surface area contributed by atoms with Crippen molar-refractivity contribution < 1.29 is 16.8 Å². The summed E-state index contributed by atoms with van der Waals surface area (Å²) in [6, 6.07) is 13.5. The Balaban J connectivity index is 0.00000225. The molecule has 2 aromatic heterocycles. The molecule has 0 spiro atoms. The van der Waals surface area contributed by atoms with Gasteiger partial charge in [0.1, 0.15) is 11.5 Å². The average molecular weight is 395 g/mol. The van der Waals surface area contributed by atoms with Crippen molar-refractivity contribution in [2.75, 3.05) is 12.3 Å². The lowest BCUT2D eigenvalue weighted by molar-refractivity contribution is -0.00000538. The maximum absolute atomic E-state index is 5.90. The Bertz CT molecular complexity index is 751. The van der Waals surface area contributed by atoms with Crippen LogP contribution in [0.3, 0.4) is 0 Å². The minimum atomic E-state index is 0. The Kier molecular flexibility index (Phi) is 8.28. The van der Waals surface area contributed by atoms with Crippen molar-refractivity contribution in [2.45, 2.75) is 18.1 Å². The maximum Gasteiger partial charge on any atom is 0.187 e. The molecule has 0 aliphatic rings. The lowest BCUT2D eigenvalue weighted by atomic mass is 10.2. The first kappa shape index (κ1) is 19.8. The van der Waals surface area contributed by atoms with Gasteiger partial charge in [-0.1, -0.05) is 23.4 Å². The molecule has 2 heterocycles. The summed E-state index contributed by atoms with van der Waals surface area (Å²) in [4.78, 5) is 8.38. The fourth-order valence-electron chi connectivity index (χ4n) is 2.17. The first-order valence-electron chi connectivity index (χ1n) is 7.76. The molecule has 0 unspecified atom stereocenters. The van der Waals surface area contributed by atoms with Crippen LogP contribution in [0.2, 0.25) is 5.02 Å². The van der Waals surface area contributed by atoms with Crippen LogP contribution in [-0.2, 0) is 6.54 Å². The van der Waals surface area contributed by atoms with Gasteiger partial charge in [-0.3, -0.25) is 0 Å². The second kappa shape index (κ2) is 10.5. The Morgan fingerprint density at radius 2 is 1.80 bits per heavy atom. The largest absolute Gasteiger partial charge is 1.00 e. The number of nitrogens with zero attached hydrogens (tertiary/aromatic N) is 2. The molecule has 7 heteroatoms. The van der Waals surface area contributed by atoms with Crippen molar-refractivity contribution in [3.63, 3.8) is 0 Å². The van der Waals surface area contributed by atoms with Crippen LogP contribution in [0.1, 0.15) is 12.2 Å². The van der Waals surface area contributed by atoms with Crippen molar-refractivity contribution in [1.82, 2.24) is 15.3 Å².